The molecule has 1 aliphatic heterocycles. The van der Waals surface area contributed by atoms with E-state index in [-0.39, 0.29) is 44.4 Å². The zero-order valence-corrected chi connectivity index (χ0v) is 18.9. The first-order chi connectivity index (χ1) is 16.0. The summed E-state index contributed by atoms with van der Waals surface area (Å²) in [6.07, 6.45) is 2.65. The Morgan fingerprint density at radius 2 is 2.03 bits per heavy atom. The number of benzene rings is 1. The number of rotatable bonds is 11. The fourth-order valence-corrected chi connectivity index (χ4v) is 3.73. The Balaban J connectivity index is 1.91. The Kier molecular flexibility index (Phi) is 8.65. The molecule has 0 amide bonds. The van der Waals surface area contributed by atoms with Crippen molar-refractivity contribution < 1.29 is 28.8 Å². The standard InChI is InChI=1S/C24H30N2O7/c1-4-11-32-24(29)20-15-18(16-21(33-20)31-14-13-30-12-10-27)22-17(2)25(3)26(23(22)28)19-8-6-5-7-9-19/h4-9,15,18,21,27H,1,10-14,16H2,2-3H3. The molecule has 1 aromatic carbocycles. The van der Waals surface area contributed by atoms with Crippen molar-refractivity contribution in [3.8, 4) is 5.69 Å². The van der Waals surface area contributed by atoms with Crippen LogP contribution in [0.2, 0.25) is 0 Å². The largest absolute Gasteiger partial charge is 0.458 e. The van der Waals surface area contributed by atoms with Gasteiger partial charge in [-0.15, -0.1) is 0 Å². The van der Waals surface area contributed by atoms with Crippen LogP contribution in [-0.2, 0) is 30.8 Å². The molecule has 1 N–H and O–H groups in total. The summed E-state index contributed by atoms with van der Waals surface area (Å²) < 4.78 is 25.2. The average Bonchev–Trinajstić information content (AvgIpc) is 3.05. The van der Waals surface area contributed by atoms with Gasteiger partial charge in [0.25, 0.3) is 5.56 Å². The number of allylic oxidation sites excluding steroid dienone is 1. The van der Waals surface area contributed by atoms with Gasteiger partial charge in [0.2, 0.25) is 12.0 Å². The number of aliphatic hydroxyl groups is 1. The molecule has 2 unspecified atom stereocenters. The fraction of sp³-hybridized carbons (Fsp3) is 0.417. The molecular weight excluding hydrogens is 428 g/mol. The van der Waals surface area contributed by atoms with E-state index < -0.39 is 18.2 Å². The van der Waals surface area contributed by atoms with E-state index in [2.05, 4.69) is 6.58 Å². The smallest absolute Gasteiger partial charge is 0.373 e. The summed E-state index contributed by atoms with van der Waals surface area (Å²) >= 11 is 0. The number of carbonyl (C=O) groups is 1. The maximum absolute atomic E-state index is 13.5. The van der Waals surface area contributed by atoms with Gasteiger partial charge in [-0.1, -0.05) is 30.9 Å². The zero-order valence-electron chi connectivity index (χ0n) is 18.9. The van der Waals surface area contributed by atoms with Crippen LogP contribution in [0.25, 0.3) is 5.69 Å². The third-order valence-corrected chi connectivity index (χ3v) is 5.33. The number of para-hydroxylation sites is 1. The molecule has 0 saturated carbocycles. The molecule has 0 spiro atoms. The van der Waals surface area contributed by atoms with Gasteiger partial charge in [-0.25, -0.2) is 9.48 Å². The second-order valence-corrected chi connectivity index (χ2v) is 7.49. The van der Waals surface area contributed by atoms with Crippen LogP contribution in [0.3, 0.4) is 0 Å². The van der Waals surface area contributed by atoms with Crippen LogP contribution in [0, 0.1) is 6.92 Å². The van der Waals surface area contributed by atoms with Crippen molar-refractivity contribution in [2.24, 2.45) is 7.05 Å². The summed E-state index contributed by atoms with van der Waals surface area (Å²) in [6.45, 7) is 6.04. The van der Waals surface area contributed by atoms with Crippen molar-refractivity contribution in [1.29, 1.82) is 0 Å². The van der Waals surface area contributed by atoms with Crippen molar-refractivity contribution in [2.75, 3.05) is 33.0 Å². The predicted octanol–water partition coefficient (Wildman–Crippen LogP) is 1.95. The molecule has 3 rings (SSSR count). The van der Waals surface area contributed by atoms with Gasteiger partial charge in [-0.3, -0.25) is 9.48 Å². The summed E-state index contributed by atoms with van der Waals surface area (Å²) in [5.74, 6) is -1.08. The van der Waals surface area contributed by atoms with E-state index in [0.29, 0.717) is 12.0 Å². The SMILES string of the molecule is C=CCOC(=O)C1=CC(c2c(C)n(C)n(-c3ccccc3)c2=O)CC(OCCOCCO)O1. The Hall–Kier alpha value is -3.14. The van der Waals surface area contributed by atoms with Crippen LogP contribution >= 0.6 is 0 Å². The Labute approximate surface area is 192 Å². The van der Waals surface area contributed by atoms with Crippen LogP contribution in [-0.4, -0.2) is 59.8 Å². The number of aromatic nitrogens is 2. The maximum atomic E-state index is 13.5. The molecule has 9 heteroatoms. The Bertz CT molecular complexity index is 1040. The van der Waals surface area contributed by atoms with Gasteiger partial charge in [0, 0.05) is 30.6 Å². The van der Waals surface area contributed by atoms with Gasteiger partial charge in [-0.2, -0.15) is 0 Å². The minimum absolute atomic E-state index is 0.0108. The molecule has 0 radical (unpaired) electrons. The molecule has 9 nitrogen and oxygen atoms in total. The van der Waals surface area contributed by atoms with Gasteiger partial charge < -0.3 is 24.1 Å². The summed E-state index contributed by atoms with van der Waals surface area (Å²) in [5.41, 5.74) is 1.91. The molecule has 2 aromatic rings. The molecule has 2 heterocycles. The van der Waals surface area contributed by atoms with Gasteiger partial charge in [-0.05, 0) is 25.1 Å². The lowest BCUT2D eigenvalue weighted by Crippen LogP contribution is -2.31. The number of hydrogen-bond donors (Lipinski definition) is 1. The highest BCUT2D eigenvalue weighted by Gasteiger charge is 2.33. The first-order valence-electron chi connectivity index (χ1n) is 10.8. The highest BCUT2D eigenvalue weighted by molar-refractivity contribution is 5.86. The molecule has 178 valence electrons. The highest BCUT2D eigenvalue weighted by Crippen LogP contribution is 2.32. The monoisotopic (exact) mass is 458 g/mol. The molecule has 1 aliphatic rings. The van der Waals surface area contributed by atoms with Gasteiger partial charge in [0.15, 0.2) is 0 Å². The predicted molar refractivity (Wildman–Crippen MR) is 121 cm³/mol. The van der Waals surface area contributed by atoms with Gasteiger partial charge in [0.1, 0.15) is 6.61 Å². The number of carbonyl (C=O) groups excluding carboxylic acids is 1. The van der Waals surface area contributed by atoms with E-state index in [1.807, 2.05) is 44.3 Å². The van der Waals surface area contributed by atoms with E-state index in [0.717, 1.165) is 11.4 Å². The van der Waals surface area contributed by atoms with Crippen molar-refractivity contribution >= 4 is 5.97 Å². The van der Waals surface area contributed by atoms with E-state index in [4.69, 9.17) is 24.1 Å². The number of nitrogens with zero attached hydrogens (tertiary/aromatic N) is 2. The number of esters is 1. The van der Waals surface area contributed by atoms with Crippen molar-refractivity contribution in [2.45, 2.75) is 25.6 Å². The van der Waals surface area contributed by atoms with E-state index >= 15 is 0 Å². The van der Waals surface area contributed by atoms with Crippen LogP contribution in [0.5, 0.6) is 0 Å². The van der Waals surface area contributed by atoms with Gasteiger partial charge >= 0.3 is 5.97 Å². The molecule has 33 heavy (non-hydrogen) atoms. The molecule has 1 aromatic heterocycles. The van der Waals surface area contributed by atoms with Crippen molar-refractivity contribution in [3.63, 3.8) is 0 Å². The normalized spacial score (nSPS) is 17.8. The lowest BCUT2D eigenvalue weighted by Gasteiger charge is -2.28. The van der Waals surface area contributed by atoms with E-state index in [1.165, 1.54) is 6.08 Å². The second kappa shape index (κ2) is 11.6. The average molecular weight is 459 g/mol. The minimum Gasteiger partial charge on any atom is -0.458 e. The number of ether oxygens (including phenoxy) is 4. The van der Waals surface area contributed by atoms with Crippen LogP contribution in [0.4, 0.5) is 0 Å². The lowest BCUT2D eigenvalue weighted by molar-refractivity contribution is -0.163. The Morgan fingerprint density at radius 3 is 2.73 bits per heavy atom. The quantitative estimate of drug-likeness (QED) is 0.312. The summed E-state index contributed by atoms with van der Waals surface area (Å²) in [6, 6.07) is 9.35. The van der Waals surface area contributed by atoms with Crippen LogP contribution in [0.15, 0.2) is 59.6 Å². The zero-order chi connectivity index (χ0) is 23.8. The molecule has 0 bridgehead atoms. The number of hydrogen-bond acceptors (Lipinski definition) is 7. The van der Waals surface area contributed by atoms with Gasteiger partial charge in [0.05, 0.1) is 32.1 Å². The molecule has 2 atom stereocenters. The molecular formula is C24H30N2O7. The van der Waals surface area contributed by atoms with Crippen LogP contribution < -0.4 is 5.56 Å². The summed E-state index contributed by atoms with van der Waals surface area (Å²) in [7, 11) is 1.82. The third kappa shape index (κ3) is 5.81. The topological polar surface area (TPSA) is 101 Å². The van der Waals surface area contributed by atoms with E-state index in [1.54, 1.807) is 15.4 Å². The van der Waals surface area contributed by atoms with E-state index in [9.17, 15) is 9.59 Å². The van der Waals surface area contributed by atoms with Crippen molar-refractivity contribution in [1.82, 2.24) is 9.36 Å². The molecule has 0 saturated heterocycles. The summed E-state index contributed by atoms with van der Waals surface area (Å²) in [5, 5.41) is 8.81. The van der Waals surface area contributed by atoms with Crippen LogP contribution in [0.1, 0.15) is 23.6 Å². The summed E-state index contributed by atoms with van der Waals surface area (Å²) in [4.78, 5) is 26.0. The third-order valence-electron chi connectivity index (χ3n) is 5.33. The minimum atomic E-state index is -0.770. The first-order valence-corrected chi connectivity index (χ1v) is 10.8. The first kappa shape index (κ1) is 24.5. The second-order valence-electron chi connectivity index (χ2n) is 7.49. The highest BCUT2D eigenvalue weighted by atomic mass is 16.7. The molecule has 0 aliphatic carbocycles. The molecule has 0 fully saturated rings. The number of aliphatic hydroxyl groups excluding tert-OH is 1. The maximum Gasteiger partial charge on any atom is 0.373 e. The van der Waals surface area contributed by atoms with Crippen molar-refractivity contribution in [3.05, 3.63) is 76.4 Å². The Morgan fingerprint density at radius 1 is 1.27 bits per heavy atom. The lowest BCUT2D eigenvalue weighted by atomic mass is 9.93. The fourth-order valence-electron chi connectivity index (χ4n) is 3.73.